The molecule has 3 rings (SSSR count). The molecule has 1 saturated carbocycles. The summed E-state index contributed by atoms with van der Waals surface area (Å²) < 4.78 is 6.36. The predicted octanol–water partition coefficient (Wildman–Crippen LogP) is 2.11. The number of methoxy groups -OCH3 is 1. The van der Waals surface area contributed by atoms with Crippen LogP contribution in [0.1, 0.15) is 32.6 Å². The second-order valence-electron chi connectivity index (χ2n) is 6.86. The normalized spacial score (nSPS) is 21.8. The monoisotopic (exact) mass is 343 g/mol. The van der Waals surface area contributed by atoms with Crippen molar-refractivity contribution in [3.8, 4) is 0 Å². The second-order valence-corrected chi connectivity index (χ2v) is 6.86. The Labute approximate surface area is 147 Å². The number of rotatable bonds is 5. The summed E-state index contributed by atoms with van der Waals surface area (Å²) in [6, 6.07) is 8.01. The maximum atomic E-state index is 12.5. The van der Waals surface area contributed by atoms with Gasteiger partial charge in [0.15, 0.2) is 0 Å². The third-order valence-electron chi connectivity index (χ3n) is 4.99. The van der Waals surface area contributed by atoms with Crippen molar-refractivity contribution >= 4 is 16.7 Å². The van der Waals surface area contributed by atoms with E-state index in [1.54, 1.807) is 6.20 Å². The predicted molar refractivity (Wildman–Crippen MR) is 96.4 cm³/mol. The maximum absolute atomic E-state index is 12.5. The first-order valence-corrected chi connectivity index (χ1v) is 8.87. The van der Waals surface area contributed by atoms with Crippen molar-refractivity contribution in [2.75, 3.05) is 7.11 Å². The lowest BCUT2D eigenvalue weighted by atomic mass is 9.86. The van der Waals surface area contributed by atoms with E-state index < -0.39 is 0 Å². The van der Waals surface area contributed by atoms with Gasteiger partial charge in [0.1, 0.15) is 0 Å². The third-order valence-corrected chi connectivity index (χ3v) is 4.99. The molecule has 0 saturated heterocycles. The summed E-state index contributed by atoms with van der Waals surface area (Å²) in [5.74, 6) is -0.0680. The van der Waals surface area contributed by atoms with Crippen molar-refractivity contribution < 1.29 is 9.53 Å². The van der Waals surface area contributed by atoms with Crippen molar-refractivity contribution in [1.29, 1.82) is 0 Å². The molecule has 1 aromatic heterocycles. The number of hydrogen-bond donors (Lipinski definition) is 1. The molecule has 0 bridgehead atoms. The lowest BCUT2D eigenvalue weighted by Crippen LogP contribution is -2.43. The molecule has 6 heteroatoms. The van der Waals surface area contributed by atoms with Crippen molar-refractivity contribution in [3.63, 3.8) is 0 Å². The first kappa shape index (κ1) is 17.6. The molecule has 1 aromatic carbocycles. The molecule has 1 atom stereocenters. The quantitative estimate of drug-likeness (QED) is 0.842. The van der Waals surface area contributed by atoms with Gasteiger partial charge in [0.25, 0.3) is 5.56 Å². The van der Waals surface area contributed by atoms with Crippen molar-refractivity contribution in [1.82, 2.24) is 15.1 Å². The highest BCUT2D eigenvalue weighted by Gasteiger charge is 2.27. The number of ether oxygens (including phenoxy) is 1. The number of aromatic nitrogens is 2. The van der Waals surface area contributed by atoms with E-state index in [0.717, 1.165) is 31.1 Å². The van der Waals surface area contributed by atoms with Crippen LogP contribution < -0.4 is 10.9 Å². The van der Waals surface area contributed by atoms with Gasteiger partial charge < -0.3 is 10.1 Å². The standard InChI is InChI=1S/C19H25N3O3/c1-13(21-16-9-7-14(8-10-16)19(24)25-2)12-22-18(23)17-6-4-3-5-15(17)11-20-22/h3-6,11,13-14,16,21H,7-10,12H2,1-2H3/t13-,14?,16?/m1/s1. The van der Waals surface area contributed by atoms with E-state index in [0.29, 0.717) is 18.0 Å². The topological polar surface area (TPSA) is 73.2 Å². The Kier molecular flexibility index (Phi) is 5.48. The summed E-state index contributed by atoms with van der Waals surface area (Å²) in [4.78, 5) is 24.1. The summed E-state index contributed by atoms with van der Waals surface area (Å²) in [6.45, 7) is 2.59. The molecule has 1 N–H and O–H groups in total. The minimum atomic E-state index is -0.0987. The Hall–Kier alpha value is -2.21. The van der Waals surface area contributed by atoms with Crippen LogP contribution in [0.5, 0.6) is 0 Å². The van der Waals surface area contributed by atoms with Crippen LogP contribution in [-0.4, -0.2) is 34.9 Å². The van der Waals surface area contributed by atoms with Crippen LogP contribution in [0.25, 0.3) is 10.8 Å². The van der Waals surface area contributed by atoms with Gasteiger partial charge in [-0.25, -0.2) is 4.68 Å². The molecule has 6 nitrogen and oxygen atoms in total. The highest BCUT2D eigenvalue weighted by Crippen LogP contribution is 2.25. The number of esters is 1. The number of carbonyl (C=O) groups is 1. The van der Waals surface area contributed by atoms with Crippen LogP contribution in [0.3, 0.4) is 0 Å². The first-order valence-electron chi connectivity index (χ1n) is 8.87. The van der Waals surface area contributed by atoms with E-state index in [1.807, 2.05) is 24.3 Å². The van der Waals surface area contributed by atoms with Gasteiger partial charge in [0.05, 0.1) is 31.2 Å². The maximum Gasteiger partial charge on any atom is 0.308 e. The van der Waals surface area contributed by atoms with E-state index in [9.17, 15) is 9.59 Å². The average Bonchev–Trinajstić information content (AvgIpc) is 2.64. The van der Waals surface area contributed by atoms with E-state index >= 15 is 0 Å². The van der Waals surface area contributed by atoms with Crippen molar-refractivity contribution in [2.45, 2.75) is 51.2 Å². The summed E-state index contributed by atoms with van der Waals surface area (Å²) in [5, 5.41) is 9.42. The van der Waals surface area contributed by atoms with Gasteiger partial charge in [-0.1, -0.05) is 18.2 Å². The fraction of sp³-hybridized carbons (Fsp3) is 0.526. The fourth-order valence-electron chi connectivity index (χ4n) is 3.63. The van der Waals surface area contributed by atoms with E-state index in [1.165, 1.54) is 11.8 Å². The Morgan fingerprint density at radius 1 is 1.32 bits per heavy atom. The minimum absolute atomic E-state index is 0.0307. The number of nitrogens with one attached hydrogen (secondary N) is 1. The number of hydrogen-bond acceptors (Lipinski definition) is 5. The highest BCUT2D eigenvalue weighted by molar-refractivity contribution is 5.80. The molecule has 0 aliphatic heterocycles. The summed E-state index contributed by atoms with van der Waals surface area (Å²) in [7, 11) is 1.45. The summed E-state index contributed by atoms with van der Waals surface area (Å²) >= 11 is 0. The fourth-order valence-corrected chi connectivity index (χ4v) is 3.63. The molecule has 25 heavy (non-hydrogen) atoms. The van der Waals surface area contributed by atoms with Crippen LogP contribution in [0.4, 0.5) is 0 Å². The smallest absolute Gasteiger partial charge is 0.308 e. The number of fused-ring (bicyclic) bond motifs is 1. The molecular weight excluding hydrogens is 318 g/mol. The Morgan fingerprint density at radius 3 is 2.76 bits per heavy atom. The molecular formula is C19H25N3O3. The van der Waals surface area contributed by atoms with E-state index in [2.05, 4.69) is 17.3 Å². The zero-order valence-corrected chi connectivity index (χ0v) is 14.8. The molecule has 1 aliphatic carbocycles. The minimum Gasteiger partial charge on any atom is -0.469 e. The van der Waals surface area contributed by atoms with Gasteiger partial charge in [0.2, 0.25) is 0 Å². The van der Waals surface area contributed by atoms with Gasteiger partial charge in [-0.3, -0.25) is 9.59 Å². The van der Waals surface area contributed by atoms with Crippen molar-refractivity contribution in [3.05, 3.63) is 40.8 Å². The molecule has 1 fully saturated rings. The first-order chi connectivity index (χ1) is 12.1. The van der Waals surface area contributed by atoms with Gasteiger partial charge in [-0.2, -0.15) is 5.10 Å². The summed E-state index contributed by atoms with van der Waals surface area (Å²) in [6.07, 6.45) is 5.34. The molecule has 134 valence electrons. The second kappa shape index (κ2) is 7.78. The van der Waals surface area contributed by atoms with Crippen LogP contribution in [0.15, 0.2) is 35.3 Å². The molecule has 0 radical (unpaired) electrons. The van der Waals surface area contributed by atoms with Gasteiger partial charge in [-0.05, 0) is 38.7 Å². The van der Waals surface area contributed by atoms with Gasteiger partial charge in [-0.15, -0.1) is 0 Å². The zero-order chi connectivity index (χ0) is 17.8. The Bertz CT molecular complexity index is 794. The molecule has 0 amide bonds. The Balaban J connectivity index is 1.58. The average molecular weight is 343 g/mol. The van der Waals surface area contributed by atoms with Crippen LogP contribution in [0.2, 0.25) is 0 Å². The van der Waals surface area contributed by atoms with Gasteiger partial charge >= 0.3 is 5.97 Å². The Morgan fingerprint density at radius 2 is 2.04 bits per heavy atom. The van der Waals surface area contributed by atoms with Gasteiger partial charge in [0, 0.05) is 17.5 Å². The summed E-state index contributed by atoms with van der Waals surface area (Å²) in [5.41, 5.74) is -0.0545. The SMILES string of the molecule is COC(=O)C1CCC(N[C@H](C)Cn2ncc3ccccc3c2=O)CC1. The molecule has 1 aliphatic rings. The lowest BCUT2D eigenvalue weighted by Gasteiger charge is -2.30. The number of carbonyl (C=O) groups excluding carboxylic acids is 1. The molecule has 0 unspecified atom stereocenters. The van der Waals surface area contributed by atoms with Crippen LogP contribution >= 0.6 is 0 Å². The van der Waals surface area contributed by atoms with E-state index in [-0.39, 0.29) is 23.5 Å². The third kappa shape index (κ3) is 4.07. The lowest BCUT2D eigenvalue weighted by molar-refractivity contribution is -0.146. The molecule has 1 heterocycles. The molecule has 2 aromatic rings. The van der Waals surface area contributed by atoms with Crippen molar-refractivity contribution in [2.24, 2.45) is 5.92 Å². The van der Waals surface area contributed by atoms with Crippen LogP contribution in [-0.2, 0) is 16.1 Å². The molecule has 0 spiro atoms. The van der Waals surface area contributed by atoms with E-state index in [4.69, 9.17) is 4.74 Å². The van der Waals surface area contributed by atoms with Crippen LogP contribution in [0, 0.1) is 5.92 Å². The number of benzene rings is 1. The highest BCUT2D eigenvalue weighted by atomic mass is 16.5. The number of nitrogens with zero attached hydrogens (tertiary/aromatic N) is 2. The largest absolute Gasteiger partial charge is 0.469 e. The zero-order valence-electron chi connectivity index (χ0n) is 14.8.